The number of hydrogen-bond acceptors (Lipinski definition) is 5. The Morgan fingerprint density at radius 2 is 1.91 bits per heavy atom. The smallest absolute Gasteiger partial charge is 0.418 e. The maximum Gasteiger partial charge on any atom is 0.418 e. The van der Waals surface area contributed by atoms with E-state index in [-0.39, 0.29) is 18.0 Å². The summed E-state index contributed by atoms with van der Waals surface area (Å²) < 4.78 is 47.0. The van der Waals surface area contributed by atoms with Gasteiger partial charge in [0.1, 0.15) is 12.4 Å². The first-order chi connectivity index (χ1) is 15.2. The van der Waals surface area contributed by atoms with Crippen molar-refractivity contribution >= 4 is 23.4 Å². The number of alkyl halides is 3. The van der Waals surface area contributed by atoms with Crippen LogP contribution in [0.4, 0.5) is 18.9 Å². The summed E-state index contributed by atoms with van der Waals surface area (Å²) in [5, 5.41) is 11.1. The maximum absolute atomic E-state index is 13.1. The van der Waals surface area contributed by atoms with E-state index < -0.39 is 17.6 Å². The summed E-state index contributed by atoms with van der Waals surface area (Å²) in [7, 11) is 0. The molecule has 0 saturated heterocycles. The second kappa shape index (κ2) is 10.1. The van der Waals surface area contributed by atoms with Crippen LogP contribution in [0.1, 0.15) is 29.4 Å². The van der Waals surface area contributed by atoms with E-state index in [2.05, 4.69) is 15.5 Å². The van der Waals surface area contributed by atoms with Crippen LogP contribution in [-0.4, -0.2) is 26.4 Å². The number of amides is 1. The van der Waals surface area contributed by atoms with Crippen molar-refractivity contribution < 1.29 is 22.7 Å². The Bertz CT molecular complexity index is 1100. The highest BCUT2D eigenvalue weighted by molar-refractivity contribution is 7.99. The number of carbonyl (C=O) groups excluding carboxylic acids is 1. The average Bonchev–Trinajstić information content (AvgIpc) is 3.14. The summed E-state index contributed by atoms with van der Waals surface area (Å²) >= 11 is 1.10. The fourth-order valence-corrected chi connectivity index (χ4v) is 3.83. The average molecular weight is 465 g/mol. The predicted octanol–water partition coefficient (Wildman–Crippen LogP) is 5.24. The van der Waals surface area contributed by atoms with Gasteiger partial charge in [0, 0.05) is 6.54 Å². The Morgan fingerprint density at radius 3 is 2.62 bits per heavy atom. The molecule has 0 saturated carbocycles. The van der Waals surface area contributed by atoms with Crippen LogP contribution < -0.4 is 10.1 Å². The van der Waals surface area contributed by atoms with Gasteiger partial charge in [-0.25, -0.2) is 0 Å². The lowest BCUT2D eigenvalue weighted by Gasteiger charge is -2.13. The van der Waals surface area contributed by atoms with E-state index in [0.29, 0.717) is 17.5 Å². The van der Waals surface area contributed by atoms with Crippen LogP contribution in [0.15, 0.2) is 47.6 Å². The minimum Gasteiger partial charge on any atom is -0.485 e. The Balaban J connectivity index is 1.63. The zero-order valence-electron chi connectivity index (χ0n) is 17.9. The third kappa shape index (κ3) is 5.82. The number of hydrogen-bond donors (Lipinski definition) is 1. The lowest BCUT2D eigenvalue weighted by molar-refractivity contribution is -0.137. The Morgan fingerprint density at radius 1 is 1.16 bits per heavy atom. The van der Waals surface area contributed by atoms with Crippen molar-refractivity contribution in [2.24, 2.45) is 0 Å². The Labute approximate surface area is 188 Å². The number of thioether (sulfide) groups is 1. The Kier molecular flexibility index (Phi) is 7.44. The van der Waals surface area contributed by atoms with Gasteiger partial charge in [0.25, 0.3) is 0 Å². The molecule has 0 bridgehead atoms. The molecule has 0 aliphatic carbocycles. The molecule has 170 valence electrons. The molecule has 32 heavy (non-hydrogen) atoms. The third-order valence-corrected chi connectivity index (χ3v) is 5.62. The summed E-state index contributed by atoms with van der Waals surface area (Å²) in [6.45, 7) is 6.61. The van der Waals surface area contributed by atoms with Crippen LogP contribution in [0.25, 0.3) is 0 Å². The maximum atomic E-state index is 13.1. The van der Waals surface area contributed by atoms with E-state index >= 15 is 0 Å². The number of nitrogens with zero attached hydrogens (tertiary/aromatic N) is 3. The van der Waals surface area contributed by atoms with E-state index in [0.717, 1.165) is 34.7 Å². The number of halogens is 3. The van der Waals surface area contributed by atoms with E-state index in [9.17, 15) is 18.0 Å². The van der Waals surface area contributed by atoms with E-state index in [4.69, 9.17) is 4.74 Å². The monoisotopic (exact) mass is 464 g/mol. The minimum absolute atomic E-state index is 0.109. The van der Waals surface area contributed by atoms with Crippen LogP contribution in [0, 0.1) is 13.8 Å². The van der Waals surface area contributed by atoms with Crippen LogP contribution in [-0.2, 0) is 24.1 Å². The summed E-state index contributed by atoms with van der Waals surface area (Å²) in [5.74, 6) is 0.680. The summed E-state index contributed by atoms with van der Waals surface area (Å²) in [6, 6.07) is 10.8. The number of aromatic nitrogens is 3. The number of benzene rings is 2. The van der Waals surface area contributed by atoms with Gasteiger partial charge in [0.05, 0.1) is 17.0 Å². The van der Waals surface area contributed by atoms with E-state index in [1.807, 2.05) is 43.5 Å². The van der Waals surface area contributed by atoms with Gasteiger partial charge in [-0.15, -0.1) is 10.2 Å². The standard InChI is InChI=1S/C22H23F3N4O2S/c1-4-29-19(12-31-18-11-14(2)9-10-15(18)3)27-28-21(29)32-13-20(30)26-17-8-6-5-7-16(17)22(23,24)25/h5-11H,4,12-13H2,1-3H3,(H,26,30). The summed E-state index contributed by atoms with van der Waals surface area (Å²) in [6.07, 6.45) is -4.55. The number of rotatable bonds is 8. The predicted molar refractivity (Wildman–Crippen MR) is 117 cm³/mol. The molecule has 0 fully saturated rings. The molecule has 10 heteroatoms. The largest absolute Gasteiger partial charge is 0.485 e. The minimum atomic E-state index is -4.55. The van der Waals surface area contributed by atoms with E-state index in [1.54, 1.807) is 0 Å². The molecule has 0 aliphatic rings. The number of ether oxygens (including phenoxy) is 1. The van der Waals surface area contributed by atoms with Gasteiger partial charge >= 0.3 is 6.18 Å². The molecule has 1 amide bonds. The second-order valence-electron chi connectivity index (χ2n) is 7.08. The summed E-state index contributed by atoms with van der Waals surface area (Å²) in [4.78, 5) is 12.3. The van der Waals surface area contributed by atoms with Gasteiger partial charge in [-0.1, -0.05) is 36.0 Å². The highest BCUT2D eigenvalue weighted by Crippen LogP contribution is 2.34. The second-order valence-corrected chi connectivity index (χ2v) is 8.02. The topological polar surface area (TPSA) is 69.0 Å². The SMILES string of the molecule is CCn1c(COc2cc(C)ccc2C)nnc1SCC(=O)Nc1ccccc1C(F)(F)F. The molecular formula is C22H23F3N4O2S. The lowest BCUT2D eigenvalue weighted by Crippen LogP contribution is -2.18. The molecular weight excluding hydrogens is 441 g/mol. The molecule has 1 aromatic heterocycles. The number of carbonyl (C=O) groups is 1. The third-order valence-electron chi connectivity index (χ3n) is 4.65. The van der Waals surface area contributed by atoms with Crippen LogP contribution in [0.5, 0.6) is 5.75 Å². The quantitative estimate of drug-likeness (QED) is 0.462. The fraction of sp³-hybridized carbons (Fsp3) is 0.318. The molecule has 1 heterocycles. The first-order valence-corrected chi connectivity index (χ1v) is 10.9. The van der Waals surface area contributed by atoms with Crippen LogP contribution >= 0.6 is 11.8 Å². The van der Waals surface area contributed by atoms with Gasteiger partial charge in [-0.2, -0.15) is 13.2 Å². The van der Waals surface area contributed by atoms with Crippen molar-refractivity contribution in [1.82, 2.24) is 14.8 Å². The molecule has 2 aromatic carbocycles. The molecule has 0 radical (unpaired) electrons. The van der Waals surface area contributed by atoms with Gasteiger partial charge in [0.15, 0.2) is 11.0 Å². The van der Waals surface area contributed by atoms with Crippen LogP contribution in [0.2, 0.25) is 0 Å². The normalized spacial score (nSPS) is 11.4. The van der Waals surface area contributed by atoms with Crippen molar-refractivity contribution in [3.05, 3.63) is 65.0 Å². The van der Waals surface area contributed by atoms with Gasteiger partial charge in [-0.05, 0) is 50.1 Å². The van der Waals surface area contributed by atoms with Crippen LogP contribution in [0.3, 0.4) is 0 Å². The first kappa shape index (κ1) is 23.6. The highest BCUT2D eigenvalue weighted by Gasteiger charge is 2.33. The molecule has 0 unspecified atom stereocenters. The van der Waals surface area contributed by atoms with Crippen molar-refractivity contribution in [2.75, 3.05) is 11.1 Å². The summed E-state index contributed by atoms with van der Waals surface area (Å²) in [5.41, 5.74) is 0.923. The van der Waals surface area contributed by atoms with Gasteiger partial charge in [-0.3, -0.25) is 4.79 Å². The zero-order valence-corrected chi connectivity index (χ0v) is 18.7. The lowest BCUT2D eigenvalue weighted by atomic mass is 10.1. The molecule has 3 aromatic rings. The highest BCUT2D eigenvalue weighted by atomic mass is 32.2. The van der Waals surface area contributed by atoms with Gasteiger partial charge < -0.3 is 14.6 Å². The number of aryl methyl sites for hydroxylation is 2. The molecule has 3 rings (SSSR count). The number of para-hydroxylation sites is 1. The van der Waals surface area contributed by atoms with Crippen molar-refractivity contribution in [3.63, 3.8) is 0 Å². The number of nitrogens with one attached hydrogen (secondary N) is 1. The van der Waals surface area contributed by atoms with Crippen molar-refractivity contribution in [1.29, 1.82) is 0 Å². The molecule has 6 nitrogen and oxygen atoms in total. The van der Waals surface area contributed by atoms with Crippen molar-refractivity contribution in [2.45, 2.75) is 45.3 Å². The molecule has 1 N–H and O–H groups in total. The van der Waals surface area contributed by atoms with Gasteiger partial charge in [0.2, 0.25) is 5.91 Å². The first-order valence-electron chi connectivity index (χ1n) is 9.90. The van der Waals surface area contributed by atoms with Crippen molar-refractivity contribution in [3.8, 4) is 5.75 Å². The zero-order chi connectivity index (χ0) is 23.3. The Hall–Kier alpha value is -3.01. The number of anilines is 1. The molecule has 0 atom stereocenters. The molecule has 0 spiro atoms. The van der Waals surface area contributed by atoms with E-state index in [1.165, 1.54) is 18.2 Å². The fourth-order valence-electron chi connectivity index (χ4n) is 3.01. The molecule has 0 aliphatic heterocycles.